The molecule has 0 radical (unpaired) electrons. The summed E-state index contributed by atoms with van der Waals surface area (Å²) in [6.07, 6.45) is -0.0697. The molecule has 0 aromatic carbocycles. The number of rotatable bonds is 2. The largest absolute Gasteiger partial charge is 0.433 e. The quantitative estimate of drug-likeness (QED) is 0.540. The van der Waals surface area contributed by atoms with Gasteiger partial charge in [-0.25, -0.2) is 14.5 Å². The lowest BCUT2D eigenvalue weighted by Gasteiger charge is -2.10. The maximum absolute atomic E-state index is 13.0. The van der Waals surface area contributed by atoms with Crippen LogP contribution in [0.25, 0.3) is 28.3 Å². The first-order valence-corrected chi connectivity index (χ1v) is 7.72. The van der Waals surface area contributed by atoms with Crippen molar-refractivity contribution >= 4 is 5.65 Å². The molecule has 0 saturated heterocycles. The smallest absolute Gasteiger partial charge is 0.254 e. The monoisotopic (exact) mass is 366 g/mol. The van der Waals surface area contributed by atoms with Crippen molar-refractivity contribution in [3.05, 3.63) is 66.2 Å². The highest BCUT2D eigenvalue weighted by Crippen LogP contribution is 2.32. The van der Waals surface area contributed by atoms with Crippen LogP contribution in [0.3, 0.4) is 0 Å². The molecule has 132 valence electrons. The number of fused-ring (bicyclic) bond motifs is 1. The Morgan fingerprint density at radius 2 is 1.85 bits per heavy atom. The van der Waals surface area contributed by atoms with Gasteiger partial charge in [0.05, 0.1) is 23.3 Å². The fraction of sp³-hybridized carbons (Fsp3) is 0.0556. The van der Waals surface area contributed by atoms with E-state index >= 15 is 0 Å². The van der Waals surface area contributed by atoms with E-state index in [2.05, 4.69) is 20.1 Å². The average molecular weight is 366 g/mol. The van der Waals surface area contributed by atoms with E-state index in [0.717, 1.165) is 6.07 Å². The van der Waals surface area contributed by atoms with E-state index in [4.69, 9.17) is 5.26 Å². The molecular formula is C18H9F3N6. The highest BCUT2D eigenvalue weighted by Gasteiger charge is 2.32. The lowest BCUT2D eigenvalue weighted by Crippen LogP contribution is -2.08. The summed E-state index contributed by atoms with van der Waals surface area (Å²) >= 11 is 0. The fourth-order valence-electron chi connectivity index (χ4n) is 2.64. The number of pyridine rings is 2. The molecule has 4 rings (SSSR count). The molecule has 0 N–H and O–H groups in total. The second-order valence-corrected chi connectivity index (χ2v) is 5.56. The second-order valence-electron chi connectivity index (χ2n) is 5.56. The Hall–Kier alpha value is -3.80. The van der Waals surface area contributed by atoms with Gasteiger partial charge in [0, 0.05) is 18.0 Å². The van der Waals surface area contributed by atoms with Crippen molar-refractivity contribution in [1.29, 1.82) is 5.26 Å². The van der Waals surface area contributed by atoms with E-state index in [1.807, 2.05) is 6.07 Å². The van der Waals surface area contributed by atoms with Gasteiger partial charge in [-0.15, -0.1) is 0 Å². The van der Waals surface area contributed by atoms with Crippen molar-refractivity contribution in [2.45, 2.75) is 6.18 Å². The normalized spacial score (nSPS) is 11.5. The maximum Gasteiger partial charge on any atom is 0.433 e. The second kappa shape index (κ2) is 6.17. The molecule has 0 amide bonds. The molecule has 4 aromatic rings. The lowest BCUT2D eigenvalue weighted by molar-refractivity contribution is -0.141. The van der Waals surface area contributed by atoms with Crippen LogP contribution in [0.1, 0.15) is 11.3 Å². The maximum atomic E-state index is 13.0. The van der Waals surface area contributed by atoms with Crippen LogP contribution >= 0.6 is 0 Å². The van der Waals surface area contributed by atoms with Crippen LogP contribution in [0.15, 0.2) is 55.0 Å². The number of aromatic nitrogens is 5. The van der Waals surface area contributed by atoms with E-state index in [9.17, 15) is 13.2 Å². The van der Waals surface area contributed by atoms with Gasteiger partial charge in [0.15, 0.2) is 5.65 Å². The Labute approximate surface area is 150 Å². The van der Waals surface area contributed by atoms with Crippen LogP contribution in [0.4, 0.5) is 13.2 Å². The summed E-state index contributed by atoms with van der Waals surface area (Å²) in [6.45, 7) is 0. The summed E-state index contributed by atoms with van der Waals surface area (Å²) in [4.78, 5) is 12.3. The summed E-state index contributed by atoms with van der Waals surface area (Å²) in [5.74, 6) is 0. The first kappa shape index (κ1) is 16.7. The highest BCUT2D eigenvalue weighted by molar-refractivity contribution is 5.78. The average Bonchev–Trinajstić information content (AvgIpc) is 3.10. The third-order valence-electron chi connectivity index (χ3n) is 3.86. The molecule has 0 fully saturated rings. The van der Waals surface area contributed by atoms with E-state index in [1.54, 1.807) is 24.4 Å². The molecule has 0 atom stereocenters. The molecule has 0 bridgehead atoms. The van der Waals surface area contributed by atoms with Crippen LogP contribution in [-0.2, 0) is 6.18 Å². The summed E-state index contributed by atoms with van der Waals surface area (Å²) in [5.41, 5.74) is 0.928. The molecule has 4 aromatic heterocycles. The zero-order valence-electron chi connectivity index (χ0n) is 13.5. The minimum atomic E-state index is -4.55. The van der Waals surface area contributed by atoms with Crippen molar-refractivity contribution in [3.8, 4) is 28.7 Å². The van der Waals surface area contributed by atoms with E-state index in [0.29, 0.717) is 22.5 Å². The van der Waals surface area contributed by atoms with E-state index in [-0.39, 0.29) is 11.4 Å². The minimum Gasteiger partial charge on any atom is -0.254 e. The Kier molecular flexibility index (Phi) is 3.81. The SMILES string of the molecule is N#Cc1cnn2ccc(-c3cccnc3-c3cccc(C(F)(F)F)n3)nc12. The van der Waals surface area contributed by atoms with Gasteiger partial charge in [0.25, 0.3) is 0 Å². The van der Waals surface area contributed by atoms with Gasteiger partial charge in [-0.3, -0.25) is 4.98 Å². The van der Waals surface area contributed by atoms with Gasteiger partial charge in [0.1, 0.15) is 17.3 Å². The number of nitriles is 1. The minimum absolute atomic E-state index is 0.0797. The molecule has 0 aliphatic rings. The van der Waals surface area contributed by atoms with Crippen molar-refractivity contribution in [2.75, 3.05) is 0 Å². The Balaban J connectivity index is 1.89. The van der Waals surface area contributed by atoms with Gasteiger partial charge in [0.2, 0.25) is 0 Å². The Morgan fingerprint density at radius 3 is 2.63 bits per heavy atom. The predicted molar refractivity (Wildman–Crippen MR) is 89.2 cm³/mol. The van der Waals surface area contributed by atoms with Crippen LogP contribution in [0.2, 0.25) is 0 Å². The van der Waals surface area contributed by atoms with E-state index < -0.39 is 11.9 Å². The third-order valence-corrected chi connectivity index (χ3v) is 3.86. The van der Waals surface area contributed by atoms with Crippen molar-refractivity contribution in [3.63, 3.8) is 0 Å². The Morgan fingerprint density at radius 1 is 1.00 bits per heavy atom. The standard InChI is InChI=1S/C18H9F3N6/c19-18(20,21)15-5-1-4-14(25-15)16-12(3-2-7-23-16)13-6-8-27-17(26-13)11(9-22)10-24-27/h1-8,10H. The van der Waals surface area contributed by atoms with Crippen LogP contribution in [0, 0.1) is 11.3 Å². The Bertz CT molecular complexity index is 1190. The fourth-order valence-corrected chi connectivity index (χ4v) is 2.64. The van der Waals surface area contributed by atoms with Gasteiger partial charge in [-0.1, -0.05) is 6.07 Å². The molecule has 0 aliphatic heterocycles. The van der Waals surface area contributed by atoms with Gasteiger partial charge >= 0.3 is 6.18 Å². The number of alkyl halides is 3. The van der Waals surface area contributed by atoms with Crippen molar-refractivity contribution in [2.24, 2.45) is 0 Å². The summed E-state index contributed by atoms with van der Waals surface area (Å²) in [7, 11) is 0. The topological polar surface area (TPSA) is 79.8 Å². The molecule has 0 unspecified atom stereocenters. The summed E-state index contributed by atoms with van der Waals surface area (Å²) in [5, 5.41) is 13.2. The van der Waals surface area contributed by atoms with Gasteiger partial charge in [-0.05, 0) is 30.3 Å². The molecule has 6 nitrogen and oxygen atoms in total. The van der Waals surface area contributed by atoms with E-state index in [1.165, 1.54) is 29.0 Å². The zero-order valence-corrected chi connectivity index (χ0v) is 13.5. The lowest BCUT2D eigenvalue weighted by atomic mass is 10.1. The molecule has 0 spiro atoms. The molecule has 0 aliphatic carbocycles. The third kappa shape index (κ3) is 2.97. The first-order chi connectivity index (χ1) is 13.0. The first-order valence-electron chi connectivity index (χ1n) is 7.72. The van der Waals surface area contributed by atoms with Gasteiger partial charge < -0.3 is 0 Å². The van der Waals surface area contributed by atoms with Crippen LogP contribution in [0.5, 0.6) is 0 Å². The van der Waals surface area contributed by atoms with Crippen LogP contribution < -0.4 is 0 Å². The molecule has 9 heteroatoms. The summed E-state index contributed by atoms with van der Waals surface area (Å²) in [6, 6.07) is 10.6. The number of halogens is 3. The molecule has 27 heavy (non-hydrogen) atoms. The number of nitrogens with zero attached hydrogens (tertiary/aromatic N) is 6. The highest BCUT2D eigenvalue weighted by atomic mass is 19.4. The zero-order chi connectivity index (χ0) is 19.0. The van der Waals surface area contributed by atoms with Crippen molar-refractivity contribution in [1.82, 2.24) is 24.6 Å². The van der Waals surface area contributed by atoms with Crippen molar-refractivity contribution < 1.29 is 13.2 Å². The molecule has 4 heterocycles. The predicted octanol–water partition coefficient (Wildman–Crippen LogP) is 3.74. The van der Waals surface area contributed by atoms with Gasteiger partial charge in [-0.2, -0.15) is 23.5 Å². The number of hydrogen-bond donors (Lipinski definition) is 0. The number of hydrogen-bond acceptors (Lipinski definition) is 5. The summed E-state index contributed by atoms with van der Waals surface area (Å²) < 4.78 is 40.4. The molecule has 0 saturated carbocycles. The van der Waals surface area contributed by atoms with Crippen LogP contribution in [-0.4, -0.2) is 24.6 Å². The molecular weight excluding hydrogens is 357 g/mol.